The molecule has 150 valence electrons. The molecule has 0 radical (unpaired) electrons. The van der Waals surface area contributed by atoms with E-state index in [1.54, 1.807) is 10.6 Å². The zero-order valence-electron chi connectivity index (χ0n) is 15.2. The summed E-state index contributed by atoms with van der Waals surface area (Å²) in [6.45, 7) is 0.0650. The number of anilines is 2. The van der Waals surface area contributed by atoms with Crippen molar-refractivity contribution in [2.75, 3.05) is 11.5 Å². The molecule has 0 aliphatic carbocycles. The molecule has 11 heteroatoms. The minimum atomic E-state index is -4.56. The summed E-state index contributed by atoms with van der Waals surface area (Å²) >= 11 is 0. The van der Waals surface area contributed by atoms with Crippen molar-refractivity contribution in [2.45, 2.75) is 12.7 Å². The van der Waals surface area contributed by atoms with E-state index >= 15 is 0 Å². The van der Waals surface area contributed by atoms with Gasteiger partial charge in [0.25, 0.3) is 0 Å². The number of hydrogen-bond acceptors (Lipinski definition) is 7. The zero-order valence-corrected chi connectivity index (χ0v) is 15.2. The number of nitriles is 1. The molecule has 0 unspecified atom stereocenters. The van der Waals surface area contributed by atoms with Crippen molar-refractivity contribution in [3.63, 3.8) is 0 Å². The topological polar surface area (TPSA) is 132 Å². The van der Waals surface area contributed by atoms with Crippen LogP contribution in [0.3, 0.4) is 0 Å². The average Bonchev–Trinajstić information content (AvgIpc) is 3.10. The molecule has 8 nitrogen and oxygen atoms in total. The highest BCUT2D eigenvalue weighted by Gasteiger charge is 2.33. The third-order valence-electron chi connectivity index (χ3n) is 4.41. The monoisotopic (exact) mass is 410 g/mol. The number of alkyl halides is 3. The summed E-state index contributed by atoms with van der Waals surface area (Å²) in [7, 11) is 0. The predicted octanol–water partition coefficient (Wildman–Crippen LogP) is 2.99. The molecule has 3 heterocycles. The summed E-state index contributed by atoms with van der Waals surface area (Å²) in [5, 5.41) is 9.07. The smallest absolute Gasteiger partial charge is 0.398 e. The van der Waals surface area contributed by atoms with Gasteiger partial charge in [0.1, 0.15) is 23.0 Å². The Balaban J connectivity index is 1.80. The molecule has 4 N–H and O–H groups in total. The van der Waals surface area contributed by atoms with Gasteiger partial charge in [0, 0.05) is 17.4 Å². The van der Waals surface area contributed by atoms with E-state index in [1.165, 1.54) is 30.7 Å². The van der Waals surface area contributed by atoms with Crippen molar-refractivity contribution < 1.29 is 13.2 Å². The summed E-state index contributed by atoms with van der Waals surface area (Å²) in [5.41, 5.74) is 12.3. The lowest BCUT2D eigenvalue weighted by molar-refractivity contribution is -0.136. The molecule has 0 saturated heterocycles. The van der Waals surface area contributed by atoms with Crippen LogP contribution in [0, 0.1) is 11.3 Å². The summed E-state index contributed by atoms with van der Waals surface area (Å²) < 4.78 is 41.0. The highest BCUT2D eigenvalue weighted by Crippen LogP contribution is 2.34. The lowest BCUT2D eigenvalue weighted by Gasteiger charge is -2.12. The molecule has 1 aromatic carbocycles. The maximum Gasteiger partial charge on any atom is 0.418 e. The maximum atomic E-state index is 13.2. The summed E-state index contributed by atoms with van der Waals surface area (Å²) in [6.07, 6.45) is -1.66. The van der Waals surface area contributed by atoms with Gasteiger partial charge >= 0.3 is 6.18 Å². The number of nitrogens with zero attached hydrogens (tertiary/aromatic N) is 6. The van der Waals surface area contributed by atoms with Crippen molar-refractivity contribution in [1.29, 1.82) is 5.26 Å². The van der Waals surface area contributed by atoms with E-state index in [-0.39, 0.29) is 23.9 Å². The molecule has 4 rings (SSSR count). The first kappa shape index (κ1) is 19.1. The van der Waals surface area contributed by atoms with Gasteiger partial charge < -0.3 is 16.0 Å². The van der Waals surface area contributed by atoms with Crippen LogP contribution in [-0.2, 0) is 12.7 Å². The highest BCUT2D eigenvalue weighted by atomic mass is 19.4. The van der Waals surface area contributed by atoms with Gasteiger partial charge in [-0.15, -0.1) is 0 Å². The minimum absolute atomic E-state index is 0.0390. The van der Waals surface area contributed by atoms with Crippen LogP contribution in [0.4, 0.5) is 24.8 Å². The molecule has 0 aliphatic heterocycles. The van der Waals surface area contributed by atoms with Gasteiger partial charge in [-0.2, -0.15) is 23.4 Å². The van der Waals surface area contributed by atoms with E-state index in [0.717, 1.165) is 6.07 Å². The number of rotatable bonds is 3. The second-order valence-electron chi connectivity index (χ2n) is 6.44. The van der Waals surface area contributed by atoms with Crippen LogP contribution in [0.25, 0.3) is 22.4 Å². The van der Waals surface area contributed by atoms with Gasteiger partial charge in [0.2, 0.25) is 5.95 Å². The Morgan fingerprint density at radius 3 is 2.60 bits per heavy atom. The third-order valence-corrected chi connectivity index (χ3v) is 4.41. The Labute approximate surface area is 167 Å². The van der Waals surface area contributed by atoms with E-state index in [2.05, 4.69) is 19.9 Å². The first-order valence-corrected chi connectivity index (χ1v) is 8.56. The zero-order chi connectivity index (χ0) is 21.5. The van der Waals surface area contributed by atoms with E-state index in [0.29, 0.717) is 28.0 Å². The van der Waals surface area contributed by atoms with Crippen LogP contribution in [-0.4, -0.2) is 24.5 Å². The quantitative estimate of drug-likeness (QED) is 0.496. The van der Waals surface area contributed by atoms with Gasteiger partial charge in [-0.25, -0.2) is 15.0 Å². The standard InChI is InChI=1S/C19H13F3N8/c20-19(21,22)13-5-10(1-2-14(13)24)8-30-9-27-16-15(28-18(25)29-17(16)30)11-3-4-26-12(6-11)7-23/h1-6,9H,8,24H2,(H2,25,28,29). The lowest BCUT2D eigenvalue weighted by Crippen LogP contribution is -2.10. The molecular formula is C19H13F3N8. The Kier molecular flexibility index (Phi) is 4.46. The third kappa shape index (κ3) is 3.46. The summed E-state index contributed by atoms with van der Waals surface area (Å²) in [4.78, 5) is 16.6. The maximum absolute atomic E-state index is 13.2. The molecule has 0 spiro atoms. The number of aromatic nitrogens is 5. The fourth-order valence-corrected chi connectivity index (χ4v) is 3.06. The van der Waals surface area contributed by atoms with Crippen molar-refractivity contribution in [1.82, 2.24) is 24.5 Å². The Bertz CT molecular complexity index is 1300. The van der Waals surface area contributed by atoms with Crippen LogP contribution in [0.15, 0.2) is 42.9 Å². The number of benzene rings is 1. The van der Waals surface area contributed by atoms with Crippen molar-refractivity contribution in [2.24, 2.45) is 0 Å². The SMILES string of the molecule is N#Cc1cc(-c2nc(N)nc3c2ncn3Cc2ccc(N)c(C(F)(F)F)c2)ccn1. The van der Waals surface area contributed by atoms with E-state index in [4.69, 9.17) is 16.7 Å². The number of imidazole rings is 1. The first-order valence-electron chi connectivity index (χ1n) is 8.56. The molecule has 0 saturated carbocycles. The van der Waals surface area contributed by atoms with Crippen LogP contribution >= 0.6 is 0 Å². The van der Waals surface area contributed by atoms with Gasteiger partial charge in [0.05, 0.1) is 18.4 Å². The van der Waals surface area contributed by atoms with E-state index in [1.807, 2.05) is 6.07 Å². The molecule has 0 atom stereocenters. The van der Waals surface area contributed by atoms with Crippen molar-refractivity contribution >= 4 is 22.8 Å². The minimum Gasteiger partial charge on any atom is -0.398 e. The van der Waals surface area contributed by atoms with Crippen molar-refractivity contribution in [3.05, 3.63) is 59.7 Å². The van der Waals surface area contributed by atoms with Gasteiger partial charge in [-0.05, 0) is 29.8 Å². The number of nitrogens with two attached hydrogens (primary N) is 2. The molecule has 0 amide bonds. The predicted molar refractivity (Wildman–Crippen MR) is 103 cm³/mol. The molecule has 0 bridgehead atoms. The Hall–Kier alpha value is -4.20. The number of pyridine rings is 1. The number of halogens is 3. The summed E-state index contributed by atoms with van der Waals surface area (Å²) in [6, 6.07) is 8.85. The lowest BCUT2D eigenvalue weighted by atomic mass is 10.1. The number of hydrogen-bond donors (Lipinski definition) is 2. The molecule has 30 heavy (non-hydrogen) atoms. The Morgan fingerprint density at radius 1 is 1.07 bits per heavy atom. The fraction of sp³-hybridized carbons (Fsp3) is 0.105. The molecular weight excluding hydrogens is 397 g/mol. The summed E-state index contributed by atoms with van der Waals surface area (Å²) in [5.74, 6) is -0.0390. The van der Waals surface area contributed by atoms with Crippen LogP contribution in [0.2, 0.25) is 0 Å². The average molecular weight is 410 g/mol. The number of nitrogen functional groups attached to an aromatic ring is 2. The van der Waals surface area contributed by atoms with Gasteiger partial charge in [-0.3, -0.25) is 0 Å². The second kappa shape index (κ2) is 7.00. The first-order chi connectivity index (χ1) is 14.3. The van der Waals surface area contributed by atoms with Gasteiger partial charge in [-0.1, -0.05) is 6.07 Å². The van der Waals surface area contributed by atoms with Crippen molar-refractivity contribution in [3.8, 4) is 17.3 Å². The highest BCUT2D eigenvalue weighted by molar-refractivity contribution is 5.88. The second-order valence-corrected chi connectivity index (χ2v) is 6.44. The molecule has 3 aromatic heterocycles. The molecule has 0 fully saturated rings. The molecule has 0 aliphatic rings. The van der Waals surface area contributed by atoms with Crippen LogP contribution in [0.1, 0.15) is 16.8 Å². The normalized spacial score (nSPS) is 11.5. The van der Waals surface area contributed by atoms with Crippen LogP contribution in [0.5, 0.6) is 0 Å². The largest absolute Gasteiger partial charge is 0.418 e. The van der Waals surface area contributed by atoms with E-state index in [9.17, 15) is 13.2 Å². The van der Waals surface area contributed by atoms with E-state index < -0.39 is 11.7 Å². The number of fused-ring (bicyclic) bond motifs is 1. The fourth-order valence-electron chi connectivity index (χ4n) is 3.06. The Morgan fingerprint density at radius 2 is 1.87 bits per heavy atom. The van der Waals surface area contributed by atoms with Gasteiger partial charge in [0.15, 0.2) is 5.65 Å². The van der Waals surface area contributed by atoms with Crippen LogP contribution < -0.4 is 11.5 Å². The molecule has 4 aromatic rings.